The Balaban J connectivity index is 1.97. The highest BCUT2D eigenvalue weighted by Crippen LogP contribution is 2.25. The minimum absolute atomic E-state index is 0.0900. The highest BCUT2D eigenvalue weighted by atomic mass is 35.5. The molecule has 0 unspecified atom stereocenters. The average molecular weight is 405 g/mol. The van der Waals surface area contributed by atoms with E-state index in [0.29, 0.717) is 20.6 Å². The van der Waals surface area contributed by atoms with Crippen LogP contribution in [0.2, 0.25) is 10.0 Å². The van der Waals surface area contributed by atoms with Crippen LogP contribution < -0.4 is 0 Å². The Morgan fingerprint density at radius 2 is 1.81 bits per heavy atom. The van der Waals surface area contributed by atoms with Gasteiger partial charge in [-0.15, -0.1) is 0 Å². The van der Waals surface area contributed by atoms with E-state index in [2.05, 4.69) is 48.2 Å². The molecule has 0 bridgehead atoms. The minimum atomic E-state index is 0.0900. The molecule has 2 aromatic carbocycles. The molecule has 3 rings (SSSR count). The third kappa shape index (κ3) is 4.06. The number of H-pyrrole nitrogens is 1. The van der Waals surface area contributed by atoms with E-state index in [1.165, 1.54) is 5.56 Å². The summed E-state index contributed by atoms with van der Waals surface area (Å²) in [6, 6.07) is 13.5. The molecule has 0 saturated carbocycles. The summed E-state index contributed by atoms with van der Waals surface area (Å²) in [5, 5.41) is 12.6. The first-order valence-corrected chi connectivity index (χ1v) is 9.20. The molecule has 4 nitrogen and oxygen atoms in total. The van der Waals surface area contributed by atoms with Gasteiger partial charge in [0.05, 0.1) is 11.2 Å². The molecule has 26 heavy (non-hydrogen) atoms. The lowest BCUT2D eigenvalue weighted by molar-refractivity contribution is 0.590. The molecule has 134 valence electrons. The lowest BCUT2D eigenvalue weighted by Gasteiger charge is -2.18. The molecule has 0 aliphatic rings. The molecule has 0 amide bonds. The maximum atomic E-state index is 6.19. The van der Waals surface area contributed by atoms with E-state index in [1.807, 2.05) is 12.1 Å². The number of aromatic amines is 1. The molecule has 0 saturated heterocycles. The third-order valence-corrected chi connectivity index (χ3v) is 4.76. The van der Waals surface area contributed by atoms with Crippen LogP contribution in [-0.2, 0) is 5.41 Å². The maximum absolute atomic E-state index is 6.19. The van der Waals surface area contributed by atoms with Gasteiger partial charge >= 0.3 is 0 Å². The van der Waals surface area contributed by atoms with Crippen molar-refractivity contribution >= 4 is 41.6 Å². The Morgan fingerprint density at radius 3 is 2.42 bits per heavy atom. The quantitative estimate of drug-likeness (QED) is 0.423. The number of rotatable bonds is 3. The summed E-state index contributed by atoms with van der Waals surface area (Å²) in [6.45, 7) is 6.54. The SMILES string of the molecule is CC(C)(C)c1ccc(-c2n[nH]c(=S)n2/N=C\c2ccc(Cl)cc2Cl)cc1. The number of nitrogens with zero attached hydrogens (tertiary/aromatic N) is 3. The van der Waals surface area contributed by atoms with Gasteiger partial charge < -0.3 is 0 Å². The Kier molecular flexibility index (Phi) is 5.32. The summed E-state index contributed by atoms with van der Waals surface area (Å²) in [6.07, 6.45) is 1.64. The van der Waals surface area contributed by atoms with E-state index < -0.39 is 0 Å². The number of halogens is 2. The van der Waals surface area contributed by atoms with Crippen molar-refractivity contribution < 1.29 is 0 Å². The van der Waals surface area contributed by atoms with Crippen LogP contribution in [0.1, 0.15) is 31.9 Å². The lowest BCUT2D eigenvalue weighted by atomic mass is 9.87. The zero-order chi connectivity index (χ0) is 18.9. The summed E-state index contributed by atoms with van der Waals surface area (Å²) in [5.74, 6) is 0.636. The topological polar surface area (TPSA) is 46.0 Å². The molecule has 1 N–H and O–H groups in total. The first kappa shape index (κ1) is 18.8. The average Bonchev–Trinajstić information content (AvgIpc) is 2.94. The van der Waals surface area contributed by atoms with Gasteiger partial charge in [-0.2, -0.15) is 14.9 Å². The van der Waals surface area contributed by atoms with Crippen LogP contribution >= 0.6 is 35.4 Å². The summed E-state index contributed by atoms with van der Waals surface area (Å²) in [7, 11) is 0. The summed E-state index contributed by atoms with van der Waals surface area (Å²) in [5.41, 5.74) is 3.00. The number of hydrogen-bond acceptors (Lipinski definition) is 3. The number of aromatic nitrogens is 3. The lowest BCUT2D eigenvalue weighted by Crippen LogP contribution is -2.10. The van der Waals surface area contributed by atoms with Gasteiger partial charge in [0.2, 0.25) is 4.77 Å². The molecule has 1 aromatic heterocycles. The van der Waals surface area contributed by atoms with Gasteiger partial charge in [-0.3, -0.25) is 0 Å². The van der Waals surface area contributed by atoms with Crippen molar-refractivity contribution in [1.82, 2.24) is 14.9 Å². The number of nitrogens with one attached hydrogen (secondary N) is 1. The molecule has 1 heterocycles. The standard InChI is InChI=1S/C19H18Cl2N4S/c1-19(2,3)14-7-4-12(5-8-14)17-23-24-18(26)25(17)22-11-13-6-9-15(20)10-16(13)21/h4-11H,1-3H3,(H,24,26)/b22-11-. The van der Waals surface area contributed by atoms with Crippen LogP contribution in [0.25, 0.3) is 11.4 Å². The first-order valence-electron chi connectivity index (χ1n) is 8.03. The van der Waals surface area contributed by atoms with Gasteiger partial charge in [0.25, 0.3) is 0 Å². The van der Waals surface area contributed by atoms with Crippen LogP contribution in [0.4, 0.5) is 0 Å². The number of hydrogen-bond donors (Lipinski definition) is 1. The molecular weight excluding hydrogens is 387 g/mol. The second-order valence-corrected chi connectivity index (χ2v) is 8.13. The van der Waals surface area contributed by atoms with E-state index in [1.54, 1.807) is 29.1 Å². The second-order valence-electron chi connectivity index (χ2n) is 6.90. The third-order valence-electron chi connectivity index (χ3n) is 3.93. The van der Waals surface area contributed by atoms with Crippen molar-refractivity contribution in [3.8, 4) is 11.4 Å². The fourth-order valence-electron chi connectivity index (χ4n) is 2.43. The molecule has 0 fully saturated rings. The summed E-state index contributed by atoms with van der Waals surface area (Å²) < 4.78 is 1.98. The Labute approximate surface area is 167 Å². The fourth-order valence-corrected chi connectivity index (χ4v) is 3.07. The Hall–Kier alpha value is -1.95. The van der Waals surface area contributed by atoms with Crippen molar-refractivity contribution in [2.45, 2.75) is 26.2 Å². The molecule has 0 aliphatic carbocycles. The molecule has 0 spiro atoms. The summed E-state index contributed by atoms with van der Waals surface area (Å²) >= 11 is 17.4. The van der Waals surface area contributed by atoms with E-state index in [4.69, 9.17) is 35.4 Å². The van der Waals surface area contributed by atoms with Crippen LogP contribution in [0.15, 0.2) is 47.6 Å². The van der Waals surface area contributed by atoms with Crippen LogP contribution in [-0.4, -0.2) is 21.1 Å². The zero-order valence-electron chi connectivity index (χ0n) is 14.6. The Morgan fingerprint density at radius 1 is 1.12 bits per heavy atom. The van der Waals surface area contributed by atoms with Crippen LogP contribution in [0.3, 0.4) is 0 Å². The van der Waals surface area contributed by atoms with Crippen LogP contribution in [0, 0.1) is 4.77 Å². The van der Waals surface area contributed by atoms with E-state index in [9.17, 15) is 0 Å². The highest BCUT2D eigenvalue weighted by Gasteiger charge is 2.14. The van der Waals surface area contributed by atoms with Crippen molar-refractivity contribution in [1.29, 1.82) is 0 Å². The van der Waals surface area contributed by atoms with Gasteiger partial charge in [0, 0.05) is 16.1 Å². The molecule has 7 heteroatoms. The van der Waals surface area contributed by atoms with Crippen molar-refractivity contribution in [2.75, 3.05) is 0 Å². The van der Waals surface area contributed by atoms with E-state index in [-0.39, 0.29) is 5.41 Å². The highest BCUT2D eigenvalue weighted by molar-refractivity contribution is 7.71. The monoisotopic (exact) mass is 404 g/mol. The fraction of sp³-hybridized carbons (Fsp3) is 0.211. The van der Waals surface area contributed by atoms with Crippen molar-refractivity contribution in [3.63, 3.8) is 0 Å². The predicted molar refractivity (Wildman–Crippen MR) is 111 cm³/mol. The van der Waals surface area contributed by atoms with Gasteiger partial charge in [-0.25, -0.2) is 5.10 Å². The van der Waals surface area contributed by atoms with Crippen LogP contribution in [0.5, 0.6) is 0 Å². The van der Waals surface area contributed by atoms with Gasteiger partial charge in [-0.05, 0) is 35.3 Å². The smallest absolute Gasteiger partial charge is 0.216 e. The van der Waals surface area contributed by atoms with Crippen molar-refractivity contribution in [3.05, 3.63) is 68.4 Å². The van der Waals surface area contributed by atoms with Crippen molar-refractivity contribution in [2.24, 2.45) is 5.10 Å². The molecule has 3 aromatic rings. The second kappa shape index (κ2) is 7.35. The van der Waals surface area contributed by atoms with Gasteiger partial charge in [0.1, 0.15) is 0 Å². The molecular formula is C19H18Cl2N4S. The zero-order valence-corrected chi connectivity index (χ0v) is 17.0. The van der Waals surface area contributed by atoms with E-state index >= 15 is 0 Å². The minimum Gasteiger partial charge on any atom is -0.250 e. The normalized spacial score (nSPS) is 12.0. The van der Waals surface area contributed by atoms with Gasteiger partial charge in [-0.1, -0.05) is 74.3 Å². The molecule has 0 atom stereocenters. The van der Waals surface area contributed by atoms with Gasteiger partial charge in [0.15, 0.2) is 5.82 Å². The molecule has 0 aliphatic heterocycles. The predicted octanol–water partition coefficient (Wildman–Crippen LogP) is 6.09. The molecule has 0 radical (unpaired) electrons. The van der Waals surface area contributed by atoms with E-state index in [0.717, 1.165) is 11.1 Å². The maximum Gasteiger partial charge on any atom is 0.216 e. The largest absolute Gasteiger partial charge is 0.250 e. The summed E-state index contributed by atoms with van der Waals surface area (Å²) in [4.78, 5) is 0. The Bertz CT molecular complexity index is 1010. The first-order chi connectivity index (χ1) is 12.3. The number of benzene rings is 2.